The molecule has 1 aromatic heterocycles. The van der Waals surface area contributed by atoms with Gasteiger partial charge in [0.2, 0.25) is 26.0 Å². The van der Waals surface area contributed by atoms with Crippen LogP contribution in [-0.4, -0.2) is 38.6 Å². The maximum atomic E-state index is 12.8. The lowest BCUT2D eigenvalue weighted by molar-refractivity contribution is 0.576. The summed E-state index contributed by atoms with van der Waals surface area (Å²) in [6, 6.07) is 12.6. The van der Waals surface area contributed by atoms with Crippen molar-refractivity contribution in [1.29, 1.82) is 0 Å². The molecule has 38 heavy (non-hydrogen) atoms. The van der Waals surface area contributed by atoms with E-state index in [1.54, 1.807) is 31.3 Å². The van der Waals surface area contributed by atoms with Crippen LogP contribution >= 0.6 is 0 Å². The van der Waals surface area contributed by atoms with Crippen molar-refractivity contribution >= 4 is 43.2 Å². The lowest BCUT2D eigenvalue weighted by atomic mass is 10.2. The fourth-order valence-corrected chi connectivity index (χ4v) is 6.67. The minimum Gasteiger partial charge on any atom is -0.340 e. The van der Waals surface area contributed by atoms with Crippen LogP contribution in [0, 0.1) is 19.8 Å². The minimum absolute atomic E-state index is 0.220. The molecule has 2 aliphatic carbocycles. The van der Waals surface area contributed by atoms with Crippen LogP contribution in [-0.2, 0) is 26.6 Å². The maximum absolute atomic E-state index is 12.8. The van der Waals surface area contributed by atoms with Gasteiger partial charge < -0.3 is 10.6 Å². The third-order valence-corrected chi connectivity index (χ3v) is 10.1. The van der Waals surface area contributed by atoms with Gasteiger partial charge in [0.05, 0.1) is 10.1 Å². The van der Waals surface area contributed by atoms with E-state index in [4.69, 9.17) is 0 Å². The smallest absolute Gasteiger partial charge is 0.240 e. The highest BCUT2D eigenvalue weighted by Crippen LogP contribution is 2.30. The zero-order chi connectivity index (χ0) is 26.9. The Balaban J connectivity index is 1.29. The van der Waals surface area contributed by atoms with Gasteiger partial charge >= 0.3 is 0 Å². The summed E-state index contributed by atoms with van der Waals surface area (Å²) < 4.78 is 55.3. The van der Waals surface area contributed by atoms with E-state index < -0.39 is 20.0 Å². The zero-order valence-electron chi connectivity index (χ0n) is 21.4. The van der Waals surface area contributed by atoms with Gasteiger partial charge in [0, 0.05) is 36.2 Å². The van der Waals surface area contributed by atoms with Crippen LogP contribution in [0.15, 0.2) is 53.6 Å². The third-order valence-electron chi connectivity index (χ3n) is 6.59. The number of hydrogen-bond donors (Lipinski definition) is 4. The van der Waals surface area contributed by atoms with Gasteiger partial charge in [-0.1, -0.05) is 18.2 Å². The van der Waals surface area contributed by atoms with Gasteiger partial charge in [-0.25, -0.2) is 31.3 Å². The molecule has 0 saturated heterocycles. The summed E-state index contributed by atoms with van der Waals surface area (Å²) in [5.41, 5.74) is 3.61. The molecular formula is C26H32N6O4S2. The van der Waals surface area contributed by atoms with E-state index in [1.807, 2.05) is 31.2 Å². The Morgan fingerprint density at radius 2 is 1.63 bits per heavy atom. The minimum atomic E-state index is -3.62. The predicted octanol–water partition coefficient (Wildman–Crippen LogP) is 3.85. The number of nitrogens with one attached hydrogen (secondary N) is 4. The summed E-state index contributed by atoms with van der Waals surface area (Å²) in [5.74, 6) is 1.32. The molecule has 10 nitrogen and oxygen atoms in total. The topological polar surface area (TPSA) is 142 Å². The van der Waals surface area contributed by atoms with Gasteiger partial charge in [-0.2, -0.15) is 4.98 Å². The molecule has 0 atom stereocenters. The number of nitrogens with zero attached hydrogens (tertiary/aromatic N) is 2. The summed E-state index contributed by atoms with van der Waals surface area (Å²) in [4.78, 5) is 9.16. The SMILES string of the molecule is Cc1ccc(Nc2ncc(C)c(Nc3cccc(CNS(=O)(=O)C4CC4)c3)n2)cc1S(=O)(=O)NCC1CC1. The fourth-order valence-electron chi connectivity index (χ4n) is 3.93. The predicted molar refractivity (Wildman–Crippen MR) is 148 cm³/mol. The second-order valence-electron chi connectivity index (χ2n) is 10.0. The van der Waals surface area contributed by atoms with Crippen molar-refractivity contribution < 1.29 is 16.8 Å². The van der Waals surface area contributed by atoms with Crippen molar-refractivity contribution in [2.75, 3.05) is 17.2 Å². The highest BCUT2D eigenvalue weighted by atomic mass is 32.2. The summed E-state index contributed by atoms with van der Waals surface area (Å²) >= 11 is 0. The van der Waals surface area contributed by atoms with Gasteiger partial charge in [-0.05, 0) is 80.8 Å². The molecule has 0 spiro atoms. The van der Waals surface area contributed by atoms with E-state index in [2.05, 4.69) is 30.0 Å². The van der Waals surface area contributed by atoms with E-state index >= 15 is 0 Å². The normalized spacial score (nSPS) is 15.8. The molecule has 2 aromatic carbocycles. The first-order valence-electron chi connectivity index (χ1n) is 12.6. The van der Waals surface area contributed by atoms with E-state index in [-0.39, 0.29) is 16.7 Å². The van der Waals surface area contributed by atoms with Crippen molar-refractivity contribution in [1.82, 2.24) is 19.4 Å². The van der Waals surface area contributed by atoms with Crippen LogP contribution in [0.1, 0.15) is 42.4 Å². The maximum Gasteiger partial charge on any atom is 0.240 e. The monoisotopic (exact) mass is 556 g/mol. The first-order chi connectivity index (χ1) is 18.1. The second kappa shape index (κ2) is 10.6. The number of anilines is 4. The molecule has 2 saturated carbocycles. The highest BCUT2D eigenvalue weighted by molar-refractivity contribution is 7.90. The molecule has 0 bridgehead atoms. The number of hydrogen-bond acceptors (Lipinski definition) is 8. The molecule has 202 valence electrons. The molecule has 5 rings (SSSR count). The van der Waals surface area contributed by atoms with Crippen LogP contribution in [0.3, 0.4) is 0 Å². The molecule has 12 heteroatoms. The van der Waals surface area contributed by atoms with Crippen LogP contribution in [0.25, 0.3) is 0 Å². The standard InChI is InChI=1S/C26H32N6O4S2/c1-17-6-9-22(13-24(17)38(35,36)29-15-19-7-8-19)31-26-27-14-18(2)25(32-26)30-21-5-3-4-20(12-21)16-28-37(33,34)23-10-11-23/h3-6,9,12-14,19,23,28-29H,7-8,10-11,15-16H2,1-2H3,(H2,27,30,31,32). The van der Waals surface area contributed by atoms with Crippen molar-refractivity contribution in [3.8, 4) is 0 Å². The first-order valence-corrected chi connectivity index (χ1v) is 15.7. The molecule has 3 aromatic rings. The third kappa shape index (κ3) is 6.68. The fraction of sp³-hybridized carbons (Fsp3) is 0.385. The van der Waals surface area contributed by atoms with Gasteiger partial charge in [-0.15, -0.1) is 0 Å². The summed E-state index contributed by atoms with van der Waals surface area (Å²) in [7, 11) is -6.88. The first kappa shape index (κ1) is 26.5. The van der Waals surface area contributed by atoms with Gasteiger partial charge in [-0.3, -0.25) is 0 Å². The Morgan fingerprint density at radius 3 is 2.37 bits per heavy atom. The number of aromatic nitrogens is 2. The zero-order valence-corrected chi connectivity index (χ0v) is 23.0. The van der Waals surface area contributed by atoms with E-state index in [1.165, 1.54) is 0 Å². The van der Waals surface area contributed by atoms with Crippen molar-refractivity contribution in [2.45, 2.75) is 56.2 Å². The molecule has 0 unspecified atom stereocenters. The number of benzene rings is 2. The molecule has 0 radical (unpaired) electrons. The summed E-state index contributed by atoms with van der Waals surface area (Å²) in [6.07, 6.45) is 5.24. The lowest BCUT2D eigenvalue weighted by Crippen LogP contribution is -2.26. The molecule has 0 amide bonds. The highest BCUT2D eigenvalue weighted by Gasteiger charge is 2.35. The lowest BCUT2D eigenvalue weighted by Gasteiger charge is -2.14. The number of sulfonamides is 2. The summed E-state index contributed by atoms with van der Waals surface area (Å²) in [6.45, 7) is 4.33. The van der Waals surface area contributed by atoms with Gasteiger partial charge in [0.15, 0.2) is 0 Å². The van der Waals surface area contributed by atoms with Crippen LogP contribution in [0.4, 0.5) is 23.1 Å². The van der Waals surface area contributed by atoms with Crippen molar-refractivity contribution in [3.63, 3.8) is 0 Å². The van der Waals surface area contributed by atoms with E-state index in [9.17, 15) is 16.8 Å². The quantitative estimate of drug-likeness (QED) is 0.264. The Bertz CT molecular complexity index is 1550. The molecule has 0 aliphatic heterocycles. The molecule has 1 heterocycles. The van der Waals surface area contributed by atoms with Crippen LogP contribution < -0.4 is 20.1 Å². The number of aryl methyl sites for hydroxylation is 2. The van der Waals surface area contributed by atoms with E-state index in [0.29, 0.717) is 35.5 Å². The van der Waals surface area contributed by atoms with Gasteiger partial charge in [0.1, 0.15) is 5.82 Å². The Hall–Kier alpha value is -3.06. The second-order valence-corrected chi connectivity index (χ2v) is 13.8. The Labute approximate surface area is 223 Å². The van der Waals surface area contributed by atoms with Crippen LogP contribution in [0.2, 0.25) is 0 Å². The van der Waals surface area contributed by atoms with Gasteiger partial charge in [0.25, 0.3) is 0 Å². The van der Waals surface area contributed by atoms with Crippen molar-refractivity contribution in [3.05, 3.63) is 65.4 Å². The molecule has 2 fully saturated rings. The summed E-state index contributed by atoms with van der Waals surface area (Å²) in [5, 5.41) is 6.12. The van der Waals surface area contributed by atoms with E-state index in [0.717, 1.165) is 42.5 Å². The molecule has 2 aliphatic rings. The van der Waals surface area contributed by atoms with Crippen molar-refractivity contribution in [2.24, 2.45) is 5.92 Å². The largest absolute Gasteiger partial charge is 0.340 e. The molecular weight excluding hydrogens is 524 g/mol. The Kier molecular flexibility index (Phi) is 7.40. The number of rotatable bonds is 12. The molecule has 4 N–H and O–H groups in total. The Morgan fingerprint density at radius 1 is 0.868 bits per heavy atom. The average molecular weight is 557 g/mol. The average Bonchev–Trinajstić information content (AvgIpc) is 3.79. The van der Waals surface area contributed by atoms with Crippen LogP contribution in [0.5, 0.6) is 0 Å².